The Morgan fingerprint density at radius 1 is 1.65 bits per heavy atom. The van der Waals surface area contributed by atoms with Crippen LogP contribution >= 0.6 is 23.1 Å². The molecule has 0 N–H and O–H groups in total. The van der Waals surface area contributed by atoms with Gasteiger partial charge in [-0.1, -0.05) is 11.8 Å². The number of halogens is 2. The van der Waals surface area contributed by atoms with Gasteiger partial charge in [0.1, 0.15) is 4.88 Å². The van der Waals surface area contributed by atoms with Gasteiger partial charge >= 0.3 is 0 Å². The van der Waals surface area contributed by atoms with E-state index in [1.54, 1.807) is 13.1 Å². The third-order valence-electron chi connectivity index (χ3n) is 1.73. The Kier molecular flexibility index (Phi) is 6.13. The predicted molar refractivity (Wildman–Crippen MR) is 67.1 cm³/mol. The number of thioether (sulfide) groups is 1. The Bertz CT molecular complexity index is 414. The van der Waals surface area contributed by atoms with Crippen LogP contribution in [0.1, 0.15) is 18.2 Å². The Labute approximate surface area is 106 Å². The van der Waals surface area contributed by atoms with E-state index in [4.69, 9.17) is 0 Å². The van der Waals surface area contributed by atoms with Crippen LogP contribution in [0.2, 0.25) is 0 Å². The minimum Gasteiger partial charge on any atom is -0.624 e. The van der Waals surface area contributed by atoms with E-state index in [0.717, 1.165) is 20.0 Å². The van der Waals surface area contributed by atoms with Crippen LogP contribution in [0.15, 0.2) is 22.7 Å². The second kappa shape index (κ2) is 7.39. The maximum absolute atomic E-state index is 11.7. The van der Waals surface area contributed by atoms with Gasteiger partial charge in [-0.15, -0.1) is 11.3 Å². The van der Waals surface area contributed by atoms with Crippen LogP contribution < -0.4 is 0 Å². The van der Waals surface area contributed by atoms with E-state index in [9.17, 15) is 14.0 Å². The summed E-state index contributed by atoms with van der Waals surface area (Å²) in [5.41, 5.74) is 0. The second-order valence-corrected chi connectivity index (χ2v) is 5.43. The Morgan fingerprint density at radius 2 is 2.41 bits per heavy atom. The first-order valence-corrected chi connectivity index (χ1v) is 6.80. The molecule has 0 saturated heterocycles. The summed E-state index contributed by atoms with van der Waals surface area (Å²) in [6.45, 7) is 2.15. The van der Waals surface area contributed by atoms with Crippen molar-refractivity contribution < 1.29 is 13.5 Å². The Hall–Kier alpha value is -0.950. The van der Waals surface area contributed by atoms with Gasteiger partial charge in [-0.05, 0) is 19.4 Å². The maximum Gasteiger partial charge on any atom is 0.266 e. The molecule has 0 aromatic carbocycles. The molecule has 7 heteroatoms. The molecule has 0 aliphatic heterocycles. The van der Waals surface area contributed by atoms with Crippen LogP contribution in [0, 0.1) is 5.21 Å². The largest absolute Gasteiger partial charge is 0.624 e. The van der Waals surface area contributed by atoms with Gasteiger partial charge in [-0.3, -0.25) is 0 Å². The minimum absolute atomic E-state index is 0.314. The summed E-state index contributed by atoms with van der Waals surface area (Å²) in [7, 11) is 0. The standard InChI is InChI=1S/C10H12F2N2OS2/c1-2-14(15)7-8-6-13-10(17-8)16-5-3-4-9(11)12/h4,6-7H,2-3,5H2,1H3/b14-7-. The normalized spacial score (nSPS) is 11.6. The quantitative estimate of drug-likeness (QED) is 0.200. The molecule has 0 aliphatic rings. The molecular formula is C10H12F2N2OS2. The molecule has 0 unspecified atom stereocenters. The first-order chi connectivity index (χ1) is 8.11. The van der Waals surface area contributed by atoms with Crippen molar-refractivity contribution in [3.8, 4) is 0 Å². The molecule has 0 radical (unpaired) electrons. The fourth-order valence-corrected chi connectivity index (χ4v) is 2.84. The number of rotatable bonds is 6. The van der Waals surface area contributed by atoms with E-state index in [1.807, 2.05) is 0 Å². The first kappa shape index (κ1) is 14.1. The summed E-state index contributed by atoms with van der Waals surface area (Å²) >= 11 is 2.79. The van der Waals surface area contributed by atoms with Gasteiger partial charge in [0.15, 0.2) is 17.1 Å². The van der Waals surface area contributed by atoms with Gasteiger partial charge < -0.3 is 5.21 Å². The van der Waals surface area contributed by atoms with E-state index in [1.165, 1.54) is 29.3 Å². The van der Waals surface area contributed by atoms with Crippen LogP contribution in [0.4, 0.5) is 8.78 Å². The molecule has 0 saturated carbocycles. The van der Waals surface area contributed by atoms with Gasteiger partial charge in [0.25, 0.3) is 6.08 Å². The molecule has 0 spiro atoms. The van der Waals surface area contributed by atoms with Crippen LogP contribution in [-0.4, -0.2) is 28.2 Å². The average Bonchev–Trinajstić information content (AvgIpc) is 2.72. The molecular weight excluding hydrogens is 266 g/mol. The van der Waals surface area contributed by atoms with E-state index in [0.29, 0.717) is 18.7 Å². The van der Waals surface area contributed by atoms with Crippen LogP contribution in [-0.2, 0) is 0 Å². The Balaban J connectivity index is 2.43. The number of aromatic nitrogens is 1. The summed E-state index contributed by atoms with van der Waals surface area (Å²) in [4.78, 5) is 4.87. The van der Waals surface area contributed by atoms with Crippen molar-refractivity contribution in [1.82, 2.24) is 4.98 Å². The minimum atomic E-state index is -1.65. The van der Waals surface area contributed by atoms with E-state index < -0.39 is 6.08 Å². The van der Waals surface area contributed by atoms with Crippen molar-refractivity contribution in [2.75, 3.05) is 12.3 Å². The molecule has 0 aliphatic carbocycles. The summed E-state index contributed by atoms with van der Waals surface area (Å²) in [6.07, 6.45) is 2.64. The van der Waals surface area contributed by atoms with E-state index in [-0.39, 0.29) is 0 Å². The lowest BCUT2D eigenvalue weighted by molar-refractivity contribution is -0.447. The van der Waals surface area contributed by atoms with Crippen molar-refractivity contribution in [3.05, 3.63) is 28.4 Å². The number of hydrogen-bond donors (Lipinski definition) is 0. The zero-order chi connectivity index (χ0) is 12.7. The lowest BCUT2D eigenvalue weighted by Gasteiger charge is -1.96. The molecule has 17 heavy (non-hydrogen) atoms. The summed E-state index contributed by atoms with van der Waals surface area (Å²) in [5, 5.41) is 11.1. The lowest BCUT2D eigenvalue weighted by atomic mass is 10.5. The zero-order valence-electron chi connectivity index (χ0n) is 9.23. The number of nitrogens with zero attached hydrogens (tertiary/aromatic N) is 2. The van der Waals surface area contributed by atoms with Gasteiger partial charge in [0.2, 0.25) is 0 Å². The molecule has 3 nitrogen and oxygen atoms in total. The molecule has 94 valence electrons. The number of hydrogen-bond acceptors (Lipinski definition) is 4. The third kappa shape index (κ3) is 5.78. The summed E-state index contributed by atoms with van der Waals surface area (Å²) in [5.74, 6) is 0.555. The van der Waals surface area contributed by atoms with Gasteiger partial charge in [-0.2, -0.15) is 8.78 Å². The smallest absolute Gasteiger partial charge is 0.266 e. The maximum atomic E-state index is 11.7. The van der Waals surface area contributed by atoms with Crippen LogP contribution in [0.25, 0.3) is 0 Å². The van der Waals surface area contributed by atoms with Gasteiger partial charge in [-0.25, -0.2) is 9.72 Å². The fraction of sp³-hybridized carbons (Fsp3) is 0.400. The molecule has 0 amide bonds. The van der Waals surface area contributed by atoms with Gasteiger partial charge in [0, 0.05) is 5.75 Å². The van der Waals surface area contributed by atoms with E-state index in [2.05, 4.69) is 4.98 Å². The van der Waals surface area contributed by atoms with Gasteiger partial charge in [0.05, 0.1) is 6.20 Å². The topological polar surface area (TPSA) is 39.0 Å². The highest BCUT2D eigenvalue weighted by Crippen LogP contribution is 2.24. The third-order valence-corrected chi connectivity index (χ3v) is 3.85. The van der Waals surface area contributed by atoms with E-state index >= 15 is 0 Å². The zero-order valence-corrected chi connectivity index (χ0v) is 10.9. The van der Waals surface area contributed by atoms with Crippen molar-refractivity contribution in [2.45, 2.75) is 17.7 Å². The molecule has 1 aromatic heterocycles. The second-order valence-electron chi connectivity index (χ2n) is 3.02. The van der Waals surface area contributed by atoms with Crippen LogP contribution in [0.5, 0.6) is 0 Å². The number of hydroxylamine groups is 1. The molecule has 0 atom stereocenters. The van der Waals surface area contributed by atoms with Crippen LogP contribution in [0.3, 0.4) is 0 Å². The SMILES string of the molecule is CC/[N+]([O-])=C/c1cnc(SCCC=C(F)F)s1. The molecule has 1 aromatic rings. The van der Waals surface area contributed by atoms with Crippen molar-refractivity contribution in [1.29, 1.82) is 0 Å². The molecule has 0 fully saturated rings. The highest BCUT2D eigenvalue weighted by atomic mass is 32.2. The summed E-state index contributed by atoms with van der Waals surface area (Å²) in [6, 6.07) is 0. The number of thiazole rings is 1. The highest BCUT2D eigenvalue weighted by Gasteiger charge is 2.03. The molecule has 0 bridgehead atoms. The summed E-state index contributed by atoms with van der Waals surface area (Å²) < 4.78 is 25.1. The van der Waals surface area contributed by atoms with Crippen molar-refractivity contribution in [2.24, 2.45) is 0 Å². The van der Waals surface area contributed by atoms with Crippen molar-refractivity contribution in [3.63, 3.8) is 0 Å². The predicted octanol–water partition coefficient (Wildman–Crippen LogP) is 3.35. The molecule has 1 rings (SSSR count). The monoisotopic (exact) mass is 278 g/mol. The highest BCUT2D eigenvalue weighted by molar-refractivity contribution is 8.01. The molecule has 1 heterocycles. The first-order valence-electron chi connectivity index (χ1n) is 5.00. The number of allylic oxidation sites excluding steroid dienone is 1. The fourth-order valence-electron chi connectivity index (χ4n) is 0.944. The lowest BCUT2D eigenvalue weighted by Crippen LogP contribution is -2.02. The Morgan fingerprint density at radius 3 is 3.06 bits per heavy atom. The average molecular weight is 278 g/mol. The van der Waals surface area contributed by atoms with Crippen molar-refractivity contribution >= 4 is 29.3 Å².